The van der Waals surface area contributed by atoms with E-state index in [2.05, 4.69) is 20.5 Å². The Hall–Kier alpha value is -3.58. The van der Waals surface area contributed by atoms with Crippen LogP contribution in [-0.4, -0.2) is 43.8 Å². The third kappa shape index (κ3) is 5.48. The Labute approximate surface area is 175 Å². The van der Waals surface area contributed by atoms with E-state index in [0.29, 0.717) is 24.7 Å². The molecule has 2 N–H and O–H groups in total. The van der Waals surface area contributed by atoms with Crippen LogP contribution in [0.15, 0.2) is 72.9 Å². The molecule has 30 heavy (non-hydrogen) atoms. The molecule has 0 bridgehead atoms. The van der Waals surface area contributed by atoms with Gasteiger partial charge in [0.05, 0.1) is 25.1 Å². The van der Waals surface area contributed by atoms with E-state index in [-0.39, 0.29) is 12.5 Å². The molecular formula is C23H24N4O3. The van der Waals surface area contributed by atoms with Crippen LogP contribution in [0.25, 0.3) is 0 Å². The van der Waals surface area contributed by atoms with E-state index in [4.69, 9.17) is 9.47 Å². The average molecular weight is 404 g/mol. The van der Waals surface area contributed by atoms with Gasteiger partial charge in [-0.15, -0.1) is 0 Å². The highest BCUT2D eigenvalue weighted by Crippen LogP contribution is 2.20. The van der Waals surface area contributed by atoms with Crippen LogP contribution in [-0.2, 0) is 9.53 Å². The van der Waals surface area contributed by atoms with Crippen LogP contribution in [0, 0.1) is 0 Å². The Morgan fingerprint density at radius 2 is 1.63 bits per heavy atom. The molecule has 0 aliphatic carbocycles. The number of nitrogens with one attached hydrogen (secondary N) is 2. The first-order chi connectivity index (χ1) is 14.8. The summed E-state index contributed by atoms with van der Waals surface area (Å²) in [5.74, 6) is 1.28. The second-order valence-corrected chi connectivity index (χ2v) is 6.86. The zero-order valence-electron chi connectivity index (χ0n) is 16.6. The van der Waals surface area contributed by atoms with Gasteiger partial charge in [0.15, 0.2) is 6.61 Å². The van der Waals surface area contributed by atoms with Gasteiger partial charge in [0.25, 0.3) is 5.91 Å². The molecule has 2 heterocycles. The van der Waals surface area contributed by atoms with E-state index >= 15 is 0 Å². The highest BCUT2D eigenvalue weighted by molar-refractivity contribution is 5.91. The van der Waals surface area contributed by atoms with Gasteiger partial charge < -0.3 is 25.0 Å². The van der Waals surface area contributed by atoms with Gasteiger partial charge in [-0.1, -0.05) is 18.2 Å². The van der Waals surface area contributed by atoms with Crippen LogP contribution in [0.5, 0.6) is 5.75 Å². The van der Waals surface area contributed by atoms with E-state index in [9.17, 15) is 4.79 Å². The maximum atomic E-state index is 12.2. The molecule has 0 radical (unpaired) electrons. The molecule has 2 aromatic carbocycles. The summed E-state index contributed by atoms with van der Waals surface area (Å²) < 4.78 is 10.9. The Morgan fingerprint density at radius 3 is 2.33 bits per heavy atom. The fourth-order valence-electron chi connectivity index (χ4n) is 3.11. The molecule has 7 heteroatoms. The summed E-state index contributed by atoms with van der Waals surface area (Å²) >= 11 is 0. The molecule has 1 aliphatic rings. The van der Waals surface area contributed by atoms with E-state index in [0.717, 1.165) is 30.3 Å². The highest BCUT2D eigenvalue weighted by Gasteiger charge is 2.12. The molecule has 3 aromatic rings. The summed E-state index contributed by atoms with van der Waals surface area (Å²) in [6.07, 6.45) is 1.66. The number of morpholine rings is 1. The monoisotopic (exact) mass is 404 g/mol. The van der Waals surface area contributed by atoms with E-state index in [1.807, 2.05) is 66.7 Å². The van der Waals surface area contributed by atoms with E-state index in [1.165, 1.54) is 0 Å². The molecule has 0 spiro atoms. The molecule has 154 valence electrons. The van der Waals surface area contributed by atoms with Crippen molar-refractivity contribution in [2.24, 2.45) is 0 Å². The van der Waals surface area contributed by atoms with Gasteiger partial charge in [0.2, 0.25) is 0 Å². The number of hydrogen-bond donors (Lipinski definition) is 2. The lowest BCUT2D eigenvalue weighted by Crippen LogP contribution is -2.36. The molecule has 1 fully saturated rings. The number of ether oxygens (including phenoxy) is 2. The number of carbonyl (C=O) groups is 1. The minimum atomic E-state index is -0.234. The van der Waals surface area contributed by atoms with Crippen molar-refractivity contribution in [1.82, 2.24) is 4.98 Å². The zero-order valence-corrected chi connectivity index (χ0v) is 16.6. The number of para-hydroxylation sites is 1. The first-order valence-electron chi connectivity index (χ1n) is 9.90. The lowest BCUT2D eigenvalue weighted by molar-refractivity contribution is -0.118. The Morgan fingerprint density at radius 1 is 0.933 bits per heavy atom. The predicted octanol–water partition coefficient (Wildman–Crippen LogP) is 3.68. The lowest BCUT2D eigenvalue weighted by atomic mass is 10.2. The summed E-state index contributed by atoms with van der Waals surface area (Å²) in [4.78, 5) is 18.8. The summed E-state index contributed by atoms with van der Waals surface area (Å²) in [5, 5.41) is 6.11. The minimum Gasteiger partial charge on any atom is -0.484 e. The molecule has 0 unspecified atom stereocenters. The minimum absolute atomic E-state index is 0.0727. The first-order valence-corrected chi connectivity index (χ1v) is 9.90. The van der Waals surface area contributed by atoms with Gasteiger partial charge in [-0.2, -0.15) is 0 Å². The second-order valence-electron chi connectivity index (χ2n) is 6.86. The van der Waals surface area contributed by atoms with Gasteiger partial charge in [-0.3, -0.25) is 4.79 Å². The van der Waals surface area contributed by atoms with Crippen molar-refractivity contribution in [1.29, 1.82) is 0 Å². The lowest BCUT2D eigenvalue weighted by Gasteiger charge is -2.27. The van der Waals surface area contributed by atoms with Crippen molar-refractivity contribution in [2.45, 2.75) is 0 Å². The van der Waals surface area contributed by atoms with Crippen LogP contribution in [0.1, 0.15) is 0 Å². The fourth-order valence-corrected chi connectivity index (χ4v) is 3.11. The summed E-state index contributed by atoms with van der Waals surface area (Å²) in [6.45, 7) is 3.00. The van der Waals surface area contributed by atoms with Gasteiger partial charge in [-0.05, 0) is 48.5 Å². The van der Waals surface area contributed by atoms with Gasteiger partial charge in [0, 0.05) is 24.5 Å². The molecule has 1 aliphatic heterocycles. The summed E-state index contributed by atoms with van der Waals surface area (Å²) in [7, 11) is 0. The summed E-state index contributed by atoms with van der Waals surface area (Å²) in [6, 6.07) is 21.2. The molecule has 1 amide bonds. The van der Waals surface area contributed by atoms with Crippen LogP contribution in [0.4, 0.5) is 22.9 Å². The molecular weight excluding hydrogens is 380 g/mol. The highest BCUT2D eigenvalue weighted by atomic mass is 16.5. The van der Waals surface area contributed by atoms with Crippen LogP contribution in [0.3, 0.4) is 0 Å². The Kier molecular flexibility index (Phi) is 6.41. The fraction of sp³-hybridized carbons (Fsp3) is 0.217. The maximum Gasteiger partial charge on any atom is 0.262 e. The number of anilines is 4. The maximum absolute atomic E-state index is 12.2. The molecule has 4 rings (SSSR count). The van der Waals surface area contributed by atoms with Gasteiger partial charge >= 0.3 is 0 Å². The van der Waals surface area contributed by atoms with Gasteiger partial charge in [0.1, 0.15) is 11.6 Å². The van der Waals surface area contributed by atoms with E-state index < -0.39 is 0 Å². The number of benzene rings is 2. The average Bonchev–Trinajstić information content (AvgIpc) is 2.80. The number of hydrogen-bond acceptors (Lipinski definition) is 6. The Balaban J connectivity index is 1.24. The number of pyridine rings is 1. The largest absolute Gasteiger partial charge is 0.484 e. The second kappa shape index (κ2) is 9.76. The summed E-state index contributed by atoms with van der Waals surface area (Å²) in [5.41, 5.74) is 2.60. The molecule has 0 saturated carbocycles. The number of amides is 1. The standard InChI is InChI=1S/C23H24N4O3/c28-23(26-20-8-11-22(24-16-20)27-12-14-29-15-13-27)17-30-21-9-6-19(7-10-21)25-18-4-2-1-3-5-18/h1-11,16,25H,12-15,17H2,(H,26,28). The SMILES string of the molecule is O=C(COc1ccc(Nc2ccccc2)cc1)Nc1ccc(N2CCOCC2)nc1. The van der Waals surface area contributed by atoms with E-state index in [1.54, 1.807) is 6.20 Å². The topological polar surface area (TPSA) is 75.7 Å². The normalized spacial score (nSPS) is 13.5. The third-order valence-electron chi connectivity index (χ3n) is 4.65. The number of rotatable bonds is 7. The third-order valence-corrected chi connectivity index (χ3v) is 4.65. The van der Waals surface area contributed by atoms with Gasteiger partial charge in [-0.25, -0.2) is 4.98 Å². The van der Waals surface area contributed by atoms with Crippen molar-refractivity contribution < 1.29 is 14.3 Å². The van der Waals surface area contributed by atoms with Crippen LogP contribution >= 0.6 is 0 Å². The van der Waals surface area contributed by atoms with Crippen molar-refractivity contribution in [3.63, 3.8) is 0 Å². The first kappa shape index (κ1) is 19.7. The van der Waals surface area contributed by atoms with Crippen LogP contribution < -0.4 is 20.3 Å². The van der Waals surface area contributed by atoms with Crippen LogP contribution in [0.2, 0.25) is 0 Å². The predicted molar refractivity (Wildman–Crippen MR) is 118 cm³/mol. The molecule has 7 nitrogen and oxygen atoms in total. The number of carbonyl (C=O) groups excluding carboxylic acids is 1. The zero-order chi connectivity index (χ0) is 20.6. The molecule has 0 atom stereocenters. The smallest absolute Gasteiger partial charge is 0.262 e. The number of aromatic nitrogens is 1. The quantitative estimate of drug-likeness (QED) is 0.626. The van der Waals surface area contributed by atoms with Crippen molar-refractivity contribution in [2.75, 3.05) is 48.4 Å². The Bertz CT molecular complexity index is 940. The molecule has 1 aromatic heterocycles. The number of nitrogens with zero attached hydrogens (tertiary/aromatic N) is 2. The molecule has 1 saturated heterocycles. The van der Waals surface area contributed by atoms with Crippen molar-refractivity contribution in [3.05, 3.63) is 72.9 Å². The van der Waals surface area contributed by atoms with Crippen molar-refractivity contribution >= 4 is 28.8 Å². The van der Waals surface area contributed by atoms with Crippen molar-refractivity contribution in [3.8, 4) is 5.75 Å².